The monoisotopic (exact) mass is 356 g/mol. The Hall–Kier alpha value is -2.53. The van der Waals surface area contributed by atoms with E-state index >= 15 is 0 Å². The van der Waals surface area contributed by atoms with Gasteiger partial charge in [-0.2, -0.15) is 0 Å². The fraction of sp³-hybridized carbons (Fsp3) is 0.381. The van der Waals surface area contributed by atoms with Crippen molar-refractivity contribution in [3.8, 4) is 28.4 Å². The molecule has 2 N–H and O–H groups in total. The van der Waals surface area contributed by atoms with Gasteiger partial charge in [-0.25, -0.2) is 0 Å². The second-order valence-electron chi connectivity index (χ2n) is 6.62. The van der Waals surface area contributed by atoms with Crippen LogP contribution in [0.1, 0.15) is 30.4 Å². The van der Waals surface area contributed by atoms with Gasteiger partial charge in [-0.3, -0.25) is 4.79 Å². The van der Waals surface area contributed by atoms with Crippen LogP contribution in [-0.4, -0.2) is 36.3 Å². The summed E-state index contributed by atoms with van der Waals surface area (Å²) in [6, 6.07) is 9.03. The summed E-state index contributed by atoms with van der Waals surface area (Å²) in [6.07, 6.45) is 1.90. The van der Waals surface area contributed by atoms with Crippen molar-refractivity contribution < 1.29 is 24.5 Å². The van der Waals surface area contributed by atoms with Gasteiger partial charge in [-0.1, -0.05) is 6.07 Å². The Labute approximate surface area is 153 Å². The average molecular weight is 356 g/mol. The molecule has 5 heteroatoms. The third kappa shape index (κ3) is 3.68. The number of phenols is 1. The molecule has 4 bridgehead atoms. The molecular weight excluding hydrogens is 332 g/mol. The van der Waals surface area contributed by atoms with Crippen LogP contribution >= 0.6 is 0 Å². The normalized spacial score (nSPS) is 17.7. The smallest absolute Gasteiger partial charge is 0.168 e. The van der Waals surface area contributed by atoms with Crippen molar-refractivity contribution in [1.29, 1.82) is 0 Å². The third-order valence-corrected chi connectivity index (χ3v) is 4.83. The van der Waals surface area contributed by atoms with Crippen LogP contribution in [0.4, 0.5) is 0 Å². The van der Waals surface area contributed by atoms with Crippen LogP contribution in [-0.2, 0) is 17.6 Å². The highest BCUT2D eigenvalue weighted by Gasteiger charge is 2.20. The quantitative estimate of drug-likeness (QED) is 0.864. The van der Waals surface area contributed by atoms with Gasteiger partial charge in [0, 0.05) is 24.0 Å². The van der Waals surface area contributed by atoms with Crippen molar-refractivity contribution in [3.05, 3.63) is 41.5 Å². The molecular formula is C21H24O5. The second-order valence-corrected chi connectivity index (χ2v) is 6.62. The number of hydrogen-bond acceptors (Lipinski definition) is 5. The van der Waals surface area contributed by atoms with Gasteiger partial charge in [-0.15, -0.1) is 0 Å². The lowest BCUT2D eigenvalue weighted by molar-refractivity contribution is -0.127. The Morgan fingerprint density at radius 2 is 1.69 bits per heavy atom. The molecule has 0 fully saturated rings. The molecule has 3 rings (SSSR count). The van der Waals surface area contributed by atoms with E-state index in [9.17, 15) is 15.0 Å². The molecule has 2 aromatic rings. The lowest BCUT2D eigenvalue weighted by Gasteiger charge is -2.17. The van der Waals surface area contributed by atoms with Crippen LogP contribution < -0.4 is 9.47 Å². The first-order valence-corrected chi connectivity index (χ1v) is 8.81. The Balaban J connectivity index is 2.19. The maximum Gasteiger partial charge on any atom is 0.168 e. The number of rotatable bonds is 2. The summed E-state index contributed by atoms with van der Waals surface area (Å²) in [4.78, 5) is 12.1. The molecule has 1 atom stereocenters. The van der Waals surface area contributed by atoms with E-state index in [-0.39, 0.29) is 18.0 Å². The minimum Gasteiger partial charge on any atom is -0.507 e. The van der Waals surface area contributed by atoms with Gasteiger partial charge >= 0.3 is 0 Å². The average Bonchev–Trinajstić information content (AvgIpc) is 2.65. The first-order chi connectivity index (χ1) is 12.5. The van der Waals surface area contributed by atoms with Crippen molar-refractivity contribution in [3.63, 3.8) is 0 Å². The molecule has 1 aliphatic carbocycles. The molecule has 1 aliphatic rings. The summed E-state index contributed by atoms with van der Waals surface area (Å²) in [5.74, 6) is 1.13. The number of carbonyl (C=O) groups is 1. The zero-order valence-corrected chi connectivity index (χ0v) is 15.1. The zero-order valence-electron chi connectivity index (χ0n) is 15.1. The first kappa shape index (κ1) is 18.3. The standard InChI is InChI=1S/C21H24O5/c1-25-20-12-13-5-3-4-6-18(23)19(24)11-14-7-8-17(22)15(9-14)16(10-13)21(20)26-2/h7-10,12,19,22,24H,3-6,11H2,1-2H3. The largest absolute Gasteiger partial charge is 0.507 e. The summed E-state index contributed by atoms with van der Waals surface area (Å²) >= 11 is 0. The number of ketones is 1. The Bertz CT molecular complexity index is 812. The minimum absolute atomic E-state index is 0.113. The molecule has 0 heterocycles. The van der Waals surface area contributed by atoms with Gasteiger partial charge < -0.3 is 19.7 Å². The highest BCUT2D eigenvalue weighted by Crippen LogP contribution is 2.43. The van der Waals surface area contributed by atoms with Crippen molar-refractivity contribution in [2.45, 2.75) is 38.2 Å². The van der Waals surface area contributed by atoms with Crippen LogP contribution in [0.25, 0.3) is 11.1 Å². The number of fused-ring (bicyclic) bond motifs is 5. The third-order valence-electron chi connectivity index (χ3n) is 4.83. The molecule has 0 aliphatic heterocycles. The highest BCUT2D eigenvalue weighted by molar-refractivity contribution is 5.83. The van der Waals surface area contributed by atoms with E-state index in [1.807, 2.05) is 12.1 Å². The number of ether oxygens (including phenoxy) is 2. The number of benzene rings is 2. The molecule has 0 aromatic heterocycles. The fourth-order valence-corrected chi connectivity index (χ4v) is 3.42. The van der Waals surface area contributed by atoms with E-state index in [1.165, 1.54) is 0 Å². The number of carbonyl (C=O) groups excluding carboxylic acids is 1. The van der Waals surface area contributed by atoms with E-state index in [2.05, 4.69) is 0 Å². The zero-order chi connectivity index (χ0) is 18.7. The van der Waals surface area contributed by atoms with Crippen LogP contribution in [0.5, 0.6) is 17.2 Å². The number of aryl methyl sites for hydroxylation is 1. The van der Waals surface area contributed by atoms with Crippen LogP contribution in [0.15, 0.2) is 30.3 Å². The molecule has 138 valence electrons. The number of methoxy groups -OCH3 is 2. The predicted octanol–water partition coefficient (Wildman–Crippen LogP) is 3.28. The van der Waals surface area contributed by atoms with Crippen LogP contribution in [0.3, 0.4) is 0 Å². The SMILES string of the molecule is COc1cc2cc(c1OC)-c1cc(ccc1O)CC(O)C(=O)CCCC2. The van der Waals surface area contributed by atoms with Gasteiger partial charge in [0.15, 0.2) is 17.3 Å². The number of hydrogen-bond donors (Lipinski definition) is 2. The highest BCUT2D eigenvalue weighted by atomic mass is 16.5. The van der Waals surface area contributed by atoms with Crippen LogP contribution in [0.2, 0.25) is 0 Å². The van der Waals surface area contributed by atoms with Crippen molar-refractivity contribution in [2.24, 2.45) is 0 Å². The molecule has 1 unspecified atom stereocenters. The topological polar surface area (TPSA) is 76.0 Å². The Morgan fingerprint density at radius 3 is 2.42 bits per heavy atom. The molecule has 5 nitrogen and oxygen atoms in total. The van der Waals surface area contributed by atoms with Crippen molar-refractivity contribution in [2.75, 3.05) is 14.2 Å². The summed E-state index contributed by atoms with van der Waals surface area (Å²) in [6.45, 7) is 0. The number of aliphatic hydroxyl groups is 1. The lowest BCUT2D eigenvalue weighted by Crippen LogP contribution is -2.22. The maximum absolute atomic E-state index is 12.1. The lowest BCUT2D eigenvalue weighted by atomic mass is 9.95. The van der Waals surface area contributed by atoms with Crippen LogP contribution in [0, 0.1) is 0 Å². The van der Waals surface area contributed by atoms with E-state index in [0.717, 1.165) is 36.0 Å². The van der Waals surface area contributed by atoms with Gasteiger partial charge in [0.25, 0.3) is 0 Å². The molecule has 0 saturated carbocycles. The summed E-state index contributed by atoms with van der Waals surface area (Å²) < 4.78 is 11.0. The molecule has 0 amide bonds. The summed E-state index contributed by atoms with van der Waals surface area (Å²) in [5.41, 5.74) is 3.17. The van der Waals surface area contributed by atoms with Gasteiger partial charge in [0.2, 0.25) is 0 Å². The fourth-order valence-electron chi connectivity index (χ4n) is 3.42. The number of aliphatic hydroxyl groups excluding tert-OH is 1. The number of aromatic hydroxyl groups is 1. The first-order valence-electron chi connectivity index (χ1n) is 8.81. The molecule has 0 radical (unpaired) electrons. The maximum atomic E-state index is 12.1. The van der Waals surface area contributed by atoms with Crippen molar-refractivity contribution in [1.82, 2.24) is 0 Å². The minimum atomic E-state index is -1.02. The molecule has 26 heavy (non-hydrogen) atoms. The number of Topliss-reactive ketones (excluding diaryl/α,β-unsaturated/α-hetero) is 1. The second kappa shape index (κ2) is 7.79. The summed E-state index contributed by atoms with van der Waals surface area (Å²) in [7, 11) is 3.16. The number of phenolic OH excluding ortho intramolecular Hbond substituents is 1. The van der Waals surface area contributed by atoms with Gasteiger partial charge in [0.1, 0.15) is 11.9 Å². The predicted molar refractivity (Wildman–Crippen MR) is 98.9 cm³/mol. The Morgan fingerprint density at radius 1 is 0.962 bits per heavy atom. The molecule has 2 aromatic carbocycles. The van der Waals surface area contributed by atoms with E-state index < -0.39 is 6.10 Å². The van der Waals surface area contributed by atoms with Crippen molar-refractivity contribution >= 4 is 5.78 Å². The van der Waals surface area contributed by atoms with Gasteiger partial charge in [-0.05, 0) is 54.7 Å². The molecule has 0 saturated heterocycles. The van der Waals surface area contributed by atoms with E-state index in [1.54, 1.807) is 32.4 Å². The van der Waals surface area contributed by atoms with E-state index in [4.69, 9.17) is 9.47 Å². The van der Waals surface area contributed by atoms with Gasteiger partial charge in [0.05, 0.1) is 14.2 Å². The summed E-state index contributed by atoms with van der Waals surface area (Å²) in [5, 5.41) is 20.6. The molecule has 0 spiro atoms. The Kier molecular flexibility index (Phi) is 5.47. The van der Waals surface area contributed by atoms with E-state index in [0.29, 0.717) is 23.5 Å².